The van der Waals surface area contributed by atoms with Gasteiger partial charge in [0.15, 0.2) is 5.13 Å². The number of nitrogens with zero attached hydrogens (tertiary/aromatic N) is 4. The summed E-state index contributed by atoms with van der Waals surface area (Å²) in [5, 5.41) is 12.2. The average Bonchev–Trinajstić information content (AvgIpc) is 3.51. The van der Waals surface area contributed by atoms with Crippen LogP contribution >= 0.6 is 22.7 Å². The Morgan fingerprint density at radius 1 is 1.23 bits per heavy atom. The quantitative estimate of drug-likeness (QED) is 0.473. The Balaban J connectivity index is 1.40. The Morgan fingerprint density at radius 3 is 2.90 bits per heavy atom. The molecule has 1 N–H and O–H groups in total. The predicted octanol–water partition coefficient (Wildman–Crippen LogP) is 4.95. The number of anilines is 1. The number of rotatable bonds is 5. The molecule has 0 aromatic carbocycles. The first-order valence-corrected chi connectivity index (χ1v) is 11.7. The first-order chi connectivity index (χ1) is 14.7. The van der Waals surface area contributed by atoms with Crippen molar-refractivity contribution < 1.29 is 9.32 Å². The molecule has 0 bridgehead atoms. The molecule has 1 aliphatic heterocycles. The summed E-state index contributed by atoms with van der Waals surface area (Å²) in [5.74, 6) is -0.231. The number of piperidine rings is 1. The molecule has 30 heavy (non-hydrogen) atoms. The van der Waals surface area contributed by atoms with Crippen LogP contribution in [0.15, 0.2) is 33.5 Å². The number of hydrogen-bond donors (Lipinski definition) is 1. The number of carbonyl (C=O) groups excluding carboxylic acids is 1. The fourth-order valence-electron chi connectivity index (χ4n) is 3.77. The molecular weight excluding hydrogens is 418 g/mol. The Bertz CT molecular complexity index is 1180. The van der Waals surface area contributed by atoms with E-state index in [9.17, 15) is 4.79 Å². The molecule has 5 heterocycles. The number of aryl methyl sites for hydroxylation is 1. The summed E-state index contributed by atoms with van der Waals surface area (Å²) in [6.07, 6.45) is 3.80. The van der Waals surface area contributed by atoms with Crippen LogP contribution in [-0.4, -0.2) is 39.0 Å². The normalized spacial score (nSPS) is 15.0. The highest BCUT2D eigenvalue weighted by molar-refractivity contribution is 7.14. The zero-order valence-corrected chi connectivity index (χ0v) is 18.2. The Kier molecular flexibility index (Phi) is 5.32. The molecule has 7 nitrogen and oxygen atoms in total. The molecule has 0 unspecified atom stereocenters. The monoisotopic (exact) mass is 439 g/mol. The van der Waals surface area contributed by atoms with Gasteiger partial charge in [0, 0.05) is 11.9 Å². The summed E-state index contributed by atoms with van der Waals surface area (Å²) in [4.78, 5) is 25.7. The average molecular weight is 440 g/mol. The number of thiophene rings is 1. The van der Waals surface area contributed by atoms with E-state index < -0.39 is 0 Å². The second kappa shape index (κ2) is 8.25. The number of nitrogens with one attached hydrogen (secondary N) is 1. The van der Waals surface area contributed by atoms with Crippen molar-refractivity contribution >= 4 is 44.8 Å². The molecule has 4 aromatic heterocycles. The molecule has 0 spiro atoms. The molecule has 5 rings (SSSR count). The summed E-state index contributed by atoms with van der Waals surface area (Å²) < 4.78 is 5.36. The number of aromatic nitrogens is 3. The van der Waals surface area contributed by atoms with Crippen LogP contribution in [0.4, 0.5) is 5.13 Å². The van der Waals surface area contributed by atoms with Gasteiger partial charge in [-0.05, 0) is 50.4 Å². The highest BCUT2D eigenvalue weighted by Gasteiger charge is 2.21. The van der Waals surface area contributed by atoms with Crippen LogP contribution in [0, 0.1) is 6.92 Å². The van der Waals surface area contributed by atoms with Gasteiger partial charge in [0.25, 0.3) is 11.6 Å². The molecule has 0 atom stereocenters. The van der Waals surface area contributed by atoms with Gasteiger partial charge in [-0.2, -0.15) is 0 Å². The third-order valence-electron chi connectivity index (χ3n) is 5.24. The van der Waals surface area contributed by atoms with E-state index in [-0.39, 0.29) is 5.91 Å². The van der Waals surface area contributed by atoms with Gasteiger partial charge in [0.2, 0.25) is 0 Å². The lowest BCUT2D eigenvalue weighted by Gasteiger charge is -2.25. The Hall–Kier alpha value is -2.62. The maximum atomic E-state index is 13.2. The van der Waals surface area contributed by atoms with Crippen molar-refractivity contribution in [2.45, 2.75) is 32.7 Å². The third-order valence-corrected chi connectivity index (χ3v) is 6.94. The lowest BCUT2D eigenvalue weighted by molar-refractivity contribution is 0.102. The SMILES string of the molecule is Cc1noc2nc(-c3cccs3)cc(C(=O)Nc3nc(CN4CCCCC4)cs3)c12. The fraction of sp³-hybridized carbons (Fsp3) is 0.333. The highest BCUT2D eigenvalue weighted by Crippen LogP contribution is 2.30. The van der Waals surface area contributed by atoms with Crippen molar-refractivity contribution in [3.63, 3.8) is 0 Å². The standard InChI is InChI=1S/C21H21N5O2S2/c1-13-18-15(10-16(17-6-5-9-29-17)23-20(18)28-25-13)19(27)24-21-22-14(12-30-21)11-26-7-3-2-4-8-26/h5-6,9-10,12H,2-4,7-8,11H2,1H3,(H,22,24,27). The van der Waals surface area contributed by atoms with Crippen molar-refractivity contribution in [2.24, 2.45) is 0 Å². The number of hydrogen-bond acceptors (Lipinski definition) is 8. The van der Waals surface area contributed by atoms with Crippen molar-refractivity contribution in [1.29, 1.82) is 0 Å². The van der Waals surface area contributed by atoms with Gasteiger partial charge in [0.1, 0.15) is 0 Å². The molecule has 1 fully saturated rings. The van der Waals surface area contributed by atoms with Crippen molar-refractivity contribution in [3.8, 4) is 10.6 Å². The summed E-state index contributed by atoms with van der Waals surface area (Å²) in [6, 6.07) is 5.73. The summed E-state index contributed by atoms with van der Waals surface area (Å²) >= 11 is 3.02. The maximum absolute atomic E-state index is 13.2. The van der Waals surface area contributed by atoms with Crippen molar-refractivity contribution in [2.75, 3.05) is 18.4 Å². The van der Waals surface area contributed by atoms with Crippen LogP contribution in [0.3, 0.4) is 0 Å². The Morgan fingerprint density at radius 2 is 2.10 bits per heavy atom. The van der Waals surface area contributed by atoms with Gasteiger partial charge in [0.05, 0.1) is 32.9 Å². The lowest BCUT2D eigenvalue weighted by Crippen LogP contribution is -2.29. The number of pyridine rings is 1. The number of amides is 1. The van der Waals surface area contributed by atoms with Crippen molar-refractivity contribution in [3.05, 3.63) is 45.9 Å². The van der Waals surface area contributed by atoms with Crippen LogP contribution in [0.5, 0.6) is 0 Å². The zero-order valence-electron chi connectivity index (χ0n) is 16.6. The third kappa shape index (κ3) is 3.88. The van der Waals surface area contributed by atoms with E-state index in [0.29, 0.717) is 33.2 Å². The van der Waals surface area contributed by atoms with E-state index in [2.05, 4.69) is 25.3 Å². The Labute approximate surface area is 181 Å². The minimum Gasteiger partial charge on any atom is -0.335 e. The second-order valence-corrected chi connectivity index (χ2v) is 9.22. The molecule has 0 radical (unpaired) electrons. The molecule has 1 aliphatic rings. The molecule has 0 aliphatic carbocycles. The number of carbonyl (C=O) groups is 1. The van der Waals surface area contributed by atoms with Gasteiger partial charge in [-0.1, -0.05) is 17.6 Å². The smallest absolute Gasteiger partial charge is 0.259 e. The van der Waals surface area contributed by atoms with E-state index >= 15 is 0 Å². The fourth-order valence-corrected chi connectivity index (χ4v) is 5.16. The van der Waals surface area contributed by atoms with Crippen LogP contribution in [0.1, 0.15) is 41.0 Å². The van der Waals surface area contributed by atoms with Gasteiger partial charge in [-0.25, -0.2) is 9.97 Å². The molecule has 1 saturated heterocycles. The molecule has 4 aromatic rings. The molecular formula is C21H21N5O2S2. The van der Waals surface area contributed by atoms with Crippen LogP contribution in [0.25, 0.3) is 21.7 Å². The van der Waals surface area contributed by atoms with E-state index in [0.717, 1.165) is 30.2 Å². The second-order valence-electron chi connectivity index (χ2n) is 7.42. The molecule has 1 amide bonds. The van der Waals surface area contributed by atoms with Gasteiger partial charge < -0.3 is 4.52 Å². The van der Waals surface area contributed by atoms with E-state index in [1.807, 2.05) is 29.8 Å². The summed E-state index contributed by atoms with van der Waals surface area (Å²) in [6.45, 7) is 4.88. The summed E-state index contributed by atoms with van der Waals surface area (Å²) in [5.41, 5.74) is 3.20. The highest BCUT2D eigenvalue weighted by atomic mass is 32.1. The minimum atomic E-state index is -0.231. The maximum Gasteiger partial charge on any atom is 0.259 e. The molecule has 0 saturated carbocycles. The van der Waals surface area contributed by atoms with Gasteiger partial charge in [-0.15, -0.1) is 22.7 Å². The number of likely N-dealkylation sites (tertiary alicyclic amines) is 1. The summed E-state index contributed by atoms with van der Waals surface area (Å²) in [7, 11) is 0. The number of fused-ring (bicyclic) bond motifs is 1. The van der Waals surface area contributed by atoms with Crippen LogP contribution in [0.2, 0.25) is 0 Å². The zero-order chi connectivity index (χ0) is 20.5. The van der Waals surface area contributed by atoms with E-state index in [1.165, 1.54) is 30.6 Å². The van der Waals surface area contributed by atoms with Gasteiger partial charge in [-0.3, -0.25) is 15.0 Å². The molecule has 9 heteroatoms. The minimum absolute atomic E-state index is 0.231. The van der Waals surface area contributed by atoms with Crippen LogP contribution < -0.4 is 5.32 Å². The van der Waals surface area contributed by atoms with Gasteiger partial charge >= 0.3 is 0 Å². The van der Waals surface area contributed by atoms with E-state index in [4.69, 9.17) is 4.52 Å². The first-order valence-electron chi connectivity index (χ1n) is 9.96. The van der Waals surface area contributed by atoms with Crippen LogP contribution in [-0.2, 0) is 6.54 Å². The van der Waals surface area contributed by atoms with E-state index in [1.54, 1.807) is 17.4 Å². The predicted molar refractivity (Wildman–Crippen MR) is 119 cm³/mol. The number of thiazole rings is 1. The van der Waals surface area contributed by atoms with Crippen molar-refractivity contribution in [1.82, 2.24) is 20.0 Å². The largest absolute Gasteiger partial charge is 0.335 e. The topological polar surface area (TPSA) is 84.1 Å². The molecule has 154 valence electrons. The first kappa shape index (κ1) is 19.3. The lowest BCUT2D eigenvalue weighted by atomic mass is 10.1.